The Hall–Kier alpha value is -0.420. The van der Waals surface area contributed by atoms with Crippen molar-refractivity contribution in [2.75, 3.05) is 23.4 Å². The van der Waals surface area contributed by atoms with Crippen LogP contribution in [0.5, 0.6) is 0 Å². The molecule has 1 aromatic heterocycles. The summed E-state index contributed by atoms with van der Waals surface area (Å²) in [4.78, 5) is 3.52. The van der Waals surface area contributed by atoms with Crippen LogP contribution in [0.25, 0.3) is 0 Å². The maximum absolute atomic E-state index is 5.87. The van der Waals surface area contributed by atoms with Gasteiger partial charge in [-0.25, -0.2) is 0 Å². The van der Waals surface area contributed by atoms with Crippen LogP contribution in [0.3, 0.4) is 0 Å². The predicted molar refractivity (Wildman–Crippen MR) is 75.6 cm³/mol. The Morgan fingerprint density at radius 1 is 1.38 bits per heavy atom. The van der Waals surface area contributed by atoms with Gasteiger partial charge in [0.2, 0.25) is 0 Å². The minimum atomic E-state index is 0.480. The molecule has 5 heteroatoms. The molecule has 0 fully saturated rings. The van der Waals surface area contributed by atoms with E-state index in [1.807, 2.05) is 0 Å². The molecule has 0 saturated heterocycles. The van der Waals surface area contributed by atoms with Crippen LogP contribution in [-0.4, -0.2) is 23.2 Å². The van der Waals surface area contributed by atoms with Crippen molar-refractivity contribution in [3.8, 4) is 0 Å². The van der Waals surface area contributed by atoms with E-state index in [4.69, 9.17) is 5.73 Å². The van der Waals surface area contributed by atoms with Gasteiger partial charge in [0.1, 0.15) is 5.00 Å². The molecule has 0 bridgehead atoms. The summed E-state index contributed by atoms with van der Waals surface area (Å²) in [6.07, 6.45) is 2.05. The van der Waals surface area contributed by atoms with E-state index in [1.165, 1.54) is 16.5 Å². The Morgan fingerprint density at radius 2 is 2.00 bits per heavy atom. The fourth-order valence-corrected chi connectivity index (χ4v) is 3.40. The topological polar surface area (TPSA) is 42.1 Å². The maximum atomic E-state index is 5.87. The maximum Gasteiger partial charge on any atom is 0.153 e. The molecule has 0 aliphatic heterocycles. The molecule has 1 aromatic rings. The van der Waals surface area contributed by atoms with Crippen LogP contribution >= 0.6 is 23.3 Å². The number of hydrogen-bond donors (Lipinski definition) is 1. The molecule has 92 valence electrons. The SMILES string of the molecule is CSc1c(N)nsc1N(CC(C)C)C(C)C. The van der Waals surface area contributed by atoms with E-state index in [9.17, 15) is 0 Å². The van der Waals surface area contributed by atoms with Crippen LogP contribution in [-0.2, 0) is 0 Å². The van der Waals surface area contributed by atoms with Crippen molar-refractivity contribution in [2.45, 2.75) is 38.6 Å². The minimum Gasteiger partial charge on any atom is -0.382 e. The second-order valence-corrected chi connectivity index (χ2v) is 6.11. The number of aromatic nitrogens is 1. The molecule has 2 N–H and O–H groups in total. The predicted octanol–water partition coefficient (Wildman–Crippen LogP) is 3.32. The second kappa shape index (κ2) is 5.77. The monoisotopic (exact) mass is 259 g/mol. The number of rotatable bonds is 5. The third-order valence-corrected chi connectivity index (χ3v) is 4.15. The quantitative estimate of drug-likeness (QED) is 0.824. The Balaban J connectivity index is 3.00. The fraction of sp³-hybridized carbons (Fsp3) is 0.727. The second-order valence-electron chi connectivity index (χ2n) is 4.55. The fourth-order valence-electron chi connectivity index (χ4n) is 1.58. The zero-order valence-electron chi connectivity index (χ0n) is 10.7. The molecule has 0 spiro atoms. The molecule has 0 saturated carbocycles. The normalized spacial score (nSPS) is 11.4. The van der Waals surface area contributed by atoms with Gasteiger partial charge < -0.3 is 10.6 Å². The minimum absolute atomic E-state index is 0.480. The third kappa shape index (κ3) is 3.04. The van der Waals surface area contributed by atoms with Crippen LogP contribution in [0, 0.1) is 5.92 Å². The number of nitrogen functional groups attached to an aromatic ring is 1. The average molecular weight is 259 g/mol. The largest absolute Gasteiger partial charge is 0.382 e. The van der Waals surface area contributed by atoms with Gasteiger partial charge in [-0.15, -0.1) is 11.8 Å². The summed E-state index contributed by atoms with van der Waals surface area (Å²) in [5.41, 5.74) is 5.87. The summed E-state index contributed by atoms with van der Waals surface area (Å²) in [5, 5.41) is 1.22. The lowest BCUT2D eigenvalue weighted by atomic mass is 10.2. The summed E-state index contributed by atoms with van der Waals surface area (Å²) in [6, 6.07) is 0.480. The van der Waals surface area contributed by atoms with Crippen molar-refractivity contribution in [2.24, 2.45) is 5.92 Å². The van der Waals surface area contributed by atoms with Crippen molar-refractivity contribution < 1.29 is 0 Å². The molecule has 0 aromatic carbocycles. The van der Waals surface area contributed by atoms with E-state index in [0.717, 1.165) is 11.4 Å². The van der Waals surface area contributed by atoms with Crippen molar-refractivity contribution in [3.05, 3.63) is 0 Å². The van der Waals surface area contributed by atoms with Crippen LogP contribution in [0.1, 0.15) is 27.7 Å². The molecule has 1 rings (SSSR count). The highest BCUT2D eigenvalue weighted by Gasteiger charge is 2.20. The molecule has 0 atom stereocenters. The first kappa shape index (κ1) is 13.6. The van der Waals surface area contributed by atoms with Crippen LogP contribution < -0.4 is 10.6 Å². The van der Waals surface area contributed by atoms with E-state index < -0.39 is 0 Å². The third-order valence-electron chi connectivity index (χ3n) is 2.31. The standard InChI is InChI=1S/C11H21N3S2/c1-7(2)6-14(8(3)4)11-9(15-5)10(12)13-16-11/h7-8H,6H2,1-5H3,(H2,12,13). The average Bonchev–Trinajstić information content (AvgIpc) is 2.55. The Bertz CT molecular complexity index is 334. The van der Waals surface area contributed by atoms with E-state index in [-0.39, 0.29) is 0 Å². The summed E-state index contributed by atoms with van der Waals surface area (Å²) >= 11 is 3.19. The molecule has 0 unspecified atom stereocenters. The van der Waals surface area contributed by atoms with Gasteiger partial charge in [-0.2, -0.15) is 4.37 Å². The summed E-state index contributed by atoms with van der Waals surface area (Å²) in [5.74, 6) is 1.31. The van der Waals surface area contributed by atoms with E-state index in [1.54, 1.807) is 11.8 Å². The molecule has 0 radical (unpaired) electrons. The van der Waals surface area contributed by atoms with Crippen LogP contribution in [0.2, 0.25) is 0 Å². The van der Waals surface area contributed by atoms with Gasteiger partial charge in [-0.05, 0) is 37.6 Å². The van der Waals surface area contributed by atoms with Gasteiger partial charge in [-0.3, -0.25) is 0 Å². The first-order valence-electron chi connectivity index (χ1n) is 5.53. The molecule has 3 nitrogen and oxygen atoms in total. The van der Waals surface area contributed by atoms with Gasteiger partial charge in [0.15, 0.2) is 5.82 Å². The number of hydrogen-bond acceptors (Lipinski definition) is 5. The van der Waals surface area contributed by atoms with E-state index in [0.29, 0.717) is 17.8 Å². The Kier molecular flexibility index (Phi) is 4.92. The summed E-state index contributed by atoms with van der Waals surface area (Å²) < 4.78 is 4.25. The summed E-state index contributed by atoms with van der Waals surface area (Å²) in [7, 11) is 0. The number of thioether (sulfide) groups is 1. The Morgan fingerprint density at radius 3 is 2.44 bits per heavy atom. The zero-order valence-corrected chi connectivity index (χ0v) is 12.3. The highest BCUT2D eigenvalue weighted by atomic mass is 32.2. The Labute approximate surface area is 107 Å². The van der Waals surface area contributed by atoms with Crippen LogP contribution in [0.15, 0.2) is 4.90 Å². The summed E-state index contributed by atoms with van der Waals surface area (Å²) in [6.45, 7) is 9.94. The van der Waals surface area contributed by atoms with Gasteiger partial charge >= 0.3 is 0 Å². The molecule has 0 aliphatic rings. The van der Waals surface area contributed by atoms with Crippen molar-refractivity contribution >= 4 is 34.1 Å². The molecule has 0 aliphatic carbocycles. The zero-order chi connectivity index (χ0) is 12.3. The molecular weight excluding hydrogens is 238 g/mol. The lowest BCUT2D eigenvalue weighted by Crippen LogP contribution is -2.33. The molecule has 16 heavy (non-hydrogen) atoms. The number of anilines is 2. The van der Waals surface area contributed by atoms with Crippen molar-refractivity contribution in [1.29, 1.82) is 0 Å². The molecule has 1 heterocycles. The molecule has 0 amide bonds. The van der Waals surface area contributed by atoms with Crippen molar-refractivity contribution in [1.82, 2.24) is 4.37 Å². The highest BCUT2D eigenvalue weighted by molar-refractivity contribution is 7.99. The first-order valence-corrected chi connectivity index (χ1v) is 7.53. The van der Waals surface area contributed by atoms with Crippen LogP contribution in [0.4, 0.5) is 10.8 Å². The lowest BCUT2D eigenvalue weighted by molar-refractivity contribution is 0.572. The highest BCUT2D eigenvalue weighted by Crippen LogP contribution is 2.38. The smallest absolute Gasteiger partial charge is 0.153 e. The number of nitrogens with two attached hydrogens (primary N) is 1. The van der Waals surface area contributed by atoms with Gasteiger partial charge in [-0.1, -0.05) is 13.8 Å². The first-order chi connectivity index (χ1) is 7.47. The van der Waals surface area contributed by atoms with E-state index >= 15 is 0 Å². The van der Waals surface area contributed by atoms with Crippen molar-refractivity contribution in [3.63, 3.8) is 0 Å². The van der Waals surface area contributed by atoms with Gasteiger partial charge in [0.25, 0.3) is 0 Å². The molecular formula is C11H21N3S2. The van der Waals surface area contributed by atoms with Gasteiger partial charge in [0, 0.05) is 12.6 Å². The lowest BCUT2D eigenvalue weighted by Gasteiger charge is -2.29. The number of nitrogens with zero attached hydrogens (tertiary/aromatic N) is 2. The van der Waals surface area contributed by atoms with Gasteiger partial charge in [0.05, 0.1) is 4.90 Å². The van der Waals surface area contributed by atoms with E-state index in [2.05, 4.69) is 43.2 Å².